The zero-order valence-electron chi connectivity index (χ0n) is 20.3. The summed E-state index contributed by atoms with van der Waals surface area (Å²) in [4.78, 5) is 35.7. The molecule has 37 heavy (non-hydrogen) atoms. The first kappa shape index (κ1) is 28.0. The Kier molecular flexibility index (Phi) is 9.55. The van der Waals surface area contributed by atoms with Crippen molar-refractivity contribution in [2.75, 3.05) is 26.1 Å². The molecule has 0 bridgehead atoms. The first-order chi connectivity index (χ1) is 17.6. The quantitative estimate of drug-likeness (QED) is 0.370. The highest BCUT2D eigenvalue weighted by Crippen LogP contribution is 2.29. The molecule has 0 aliphatic heterocycles. The molecule has 0 aliphatic carbocycles. The number of methoxy groups -OCH3 is 2. The average molecular weight is 538 g/mol. The summed E-state index contributed by atoms with van der Waals surface area (Å²) in [5, 5.41) is 5.64. The molecule has 9 nitrogen and oxygen atoms in total. The van der Waals surface area contributed by atoms with Crippen LogP contribution in [0.25, 0.3) is 0 Å². The highest BCUT2D eigenvalue weighted by molar-refractivity contribution is 7.17. The van der Waals surface area contributed by atoms with Gasteiger partial charge in [-0.2, -0.15) is 13.2 Å². The number of hydrogen-bond acceptors (Lipinski definition) is 7. The molecule has 3 aromatic rings. The van der Waals surface area contributed by atoms with Gasteiger partial charge in [0.05, 0.1) is 17.8 Å². The predicted octanol–water partition coefficient (Wildman–Crippen LogP) is 4.45. The topological polar surface area (TPSA) is 106 Å². The number of pyridine rings is 1. The Balaban J connectivity index is 1.71. The van der Waals surface area contributed by atoms with E-state index in [1.54, 1.807) is 25.4 Å². The average Bonchev–Trinajstić information content (AvgIpc) is 3.25. The molecule has 1 aromatic carbocycles. The Labute approximate surface area is 215 Å². The molecule has 0 saturated heterocycles. The summed E-state index contributed by atoms with van der Waals surface area (Å²) in [7, 11) is 2.81. The minimum Gasteiger partial charge on any atom is -0.354 e. The van der Waals surface area contributed by atoms with Crippen LogP contribution in [0.1, 0.15) is 32.1 Å². The van der Waals surface area contributed by atoms with Gasteiger partial charge in [-0.25, -0.2) is 9.78 Å². The van der Waals surface area contributed by atoms with Gasteiger partial charge in [0, 0.05) is 39.7 Å². The third kappa shape index (κ3) is 7.97. The van der Waals surface area contributed by atoms with Crippen LogP contribution in [0.5, 0.6) is 0 Å². The lowest BCUT2D eigenvalue weighted by Gasteiger charge is -2.26. The van der Waals surface area contributed by atoms with Crippen molar-refractivity contribution in [2.24, 2.45) is 0 Å². The van der Waals surface area contributed by atoms with Crippen LogP contribution in [-0.4, -0.2) is 53.9 Å². The van der Waals surface area contributed by atoms with Crippen LogP contribution >= 0.6 is 11.3 Å². The second kappa shape index (κ2) is 12.6. The fourth-order valence-corrected chi connectivity index (χ4v) is 4.13. The summed E-state index contributed by atoms with van der Waals surface area (Å²) < 4.78 is 49.1. The molecule has 0 unspecified atom stereocenters. The van der Waals surface area contributed by atoms with Crippen molar-refractivity contribution in [1.82, 2.24) is 20.2 Å². The molecule has 3 amide bonds. The van der Waals surface area contributed by atoms with Crippen LogP contribution < -0.4 is 10.6 Å². The number of halogens is 3. The van der Waals surface area contributed by atoms with Gasteiger partial charge in [0.25, 0.3) is 5.91 Å². The number of thiazole rings is 1. The smallest absolute Gasteiger partial charge is 0.354 e. The van der Waals surface area contributed by atoms with Crippen molar-refractivity contribution >= 4 is 28.4 Å². The molecule has 3 rings (SSSR count). The van der Waals surface area contributed by atoms with Gasteiger partial charge < -0.3 is 19.7 Å². The maximum absolute atomic E-state index is 13.1. The highest BCUT2D eigenvalue weighted by Gasteiger charge is 2.30. The number of aryl methyl sites for hydroxylation is 1. The largest absolute Gasteiger partial charge is 0.416 e. The molecule has 2 aromatic heterocycles. The van der Waals surface area contributed by atoms with Crippen molar-refractivity contribution < 1.29 is 32.2 Å². The zero-order chi connectivity index (χ0) is 27.0. The predicted molar refractivity (Wildman–Crippen MR) is 131 cm³/mol. The molecule has 0 radical (unpaired) electrons. The van der Waals surface area contributed by atoms with Gasteiger partial charge in [-0.3, -0.25) is 15.1 Å². The van der Waals surface area contributed by atoms with Gasteiger partial charge in [-0.1, -0.05) is 29.5 Å². The summed E-state index contributed by atoms with van der Waals surface area (Å²) in [6.07, 6.45) is -1.95. The van der Waals surface area contributed by atoms with E-state index in [1.807, 2.05) is 6.07 Å². The van der Waals surface area contributed by atoms with Gasteiger partial charge in [0.1, 0.15) is 4.88 Å². The third-order valence-electron chi connectivity index (χ3n) is 5.23. The van der Waals surface area contributed by atoms with E-state index in [4.69, 9.17) is 9.47 Å². The van der Waals surface area contributed by atoms with Crippen LogP contribution in [0.4, 0.5) is 23.1 Å². The number of hydrogen-bond donors (Lipinski definition) is 2. The fourth-order valence-electron chi connectivity index (χ4n) is 3.26. The third-order valence-corrected chi connectivity index (χ3v) is 6.30. The number of benzene rings is 1. The van der Waals surface area contributed by atoms with Gasteiger partial charge in [0.2, 0.25) is 0 Å². The summed E-state index contributed by atoms with van der Waals surface area (Å²) >= 11 is 1.00. The first-order valence-electron chi connectivity index (χ1n) is 11.0. The van der Waals surface area contributed by atoms with Crippen LogP contribution in [0.2, 0.25) is 0 Å². The van der Waals surface area contributed by atoms with Gasteiger partial charge in [-0.15, -0.1) is 0 Å². The lowest BCUT2D eigenvalue weighted by molar-refractivity contribution is -0.137. The molecule has 0 saturated carbocycles. The maximum Gasteiger partial charge on any atom is 0.416 e. The molecular formula is C24H26F3N5O4S. The number of alkyl halides is 3. The Hall–Kier alpha value is -3.55. The number of carbonyl (C=O) groups is 2. The van der Waals surface area contributed by atoms with Crippen molar-refractivity contribution in [3.63, 3.8) is 0 Å². The molecule has 0 fully saturated rings. The Morgan fingerprint density at radius 3 is 2.41 bits per heavy atom. The molecular weight excluding hydrogens is 511 g/mol. The number of ether oxygens (including phenoxy) is 2. The van der Waals surface area contributed by atoms with Crippen molar-refractivity contribution in [3.8, 4) is 0 Å². The van der Waals surface area contributed by atoms with Crippen LogP contribution in [0.3, 0.4) is 0 Å². The van der Waals surface area contributed by atoms with E-state index in [-0.39, 0.29) is 30.7 Å². The second-order valence-electron chi connectivity index (χ2n) is 7.88. The number of anilines is 1. The van der Waals surface area contributed by atoms with Crippen molar-refractivity contribution in [3.05, 3.63) is 76.1 Å². The minimum absolute atomic E-state index is 0.0112. The second-order valence-corrected chi connectivity index (χ2v) is 8.88. The van der Waals surface area contributed by atoms with Gasteiger partial charge >= 0.3 is 12.2 Å². The van der Waals surface area contributed by atoms with Crippen molar-refractivity contribution in [2.45, 2.75) is 32.5 Å². The Morgan fingerprint density at radius 2 is 1.81 bits per heavy atom. The first-order valence-corrected chi connectivity index (χ1v) is 11.8. The van der Waals surface area contributed by atoms with E-state index in [1.165, 1.54) is 31.3 Å². The summed E-state index contributed by atoms with van der Waals surface area (Å²) in [6, 6.07) is 7.52. The normalized spacial score (nSPS) is 11.4. The number of nitrogens with zero attached hydrogens (tertiary/aromatic N) is 3. The molecule has 198 valence electrons. The monoisotopic (exact) mass is 537 g/mol. The highest BCUT2D eigenvalue weighted by atomic mass is 32.1. The standard InChI is InChI=1S/C24H26F3N5O4S/c1-15-20(21(33)29-12-17-5-4-10-28-11-17)37-22(30-15)31-23(34)32(14-19(35-2)36-3)13-16-6-8-18(9-7-16)24(25,26)27/h4-11,19H,12-14H2,1-3H3,(H,29,33)(H,30,31,34). The lowest BCUT2D eigenvalue weighted by Crippen LogP contribution is -2.41. The molecule has 0 aliphatic rings. The summed E-state index contributed by atoms with van der Waals surface area (Å²) in [5.74, 6) is -0.347. The number of amides is 3. The Bertz CT molecular complexity index is 1190. The lowest BCUT2D eigenvalue weighted by atomic mass is 10.1. The van der Waals surface area contributed by atoms with Crippen LogP contribution in [-0.2, 0) is 28.7 Å². The number of rotatable bonds is 10. The van der Waals surface area contributed by atoms with Crippen LogP contribution in [0.15, 0.2) is 48.8 Å². The van der Waals surface area contributed by atoms with E-state index in [9.17, 15) is 22.8 Å². The SMILES string of the molecule is COC(CN(Cc1ccc(C(F)(F)F)cc1)C(=O)Nc1nc(C)c(C(=O)NCc2cccnc2)s1)OC. The van der Waals surface area contributed by atoms with Crippen molar-refractivity contribution in [1.29, 1.82) is 0 Å². The molecule has 2 N–H and O–H groups in total. The van der Waals surface area contributed by atoms with Crippen LogP contribution in [0, 0.1) is 6.92 Å². The van der Waals surface area contributed by atoms with Gasteiger partial charge in [-0.05, 0) is 36.2 Å². The number of aromatic nitrogens is 2. The summed E-state index contributed by atoms with van der Waals surface area (Å²) in [5.41, 5.74) is 0.952. The maximum atomic E-state index is 13.1. The number of nitrogens with one attached hydrogen (secondary N) is 2. The minimum atomic E-state index is -4.46. The fraction of sp³-hybridized carbons (Fsp3) is 0.333. The zero-order valence-corrected chi connectivity index (χ0v) is 21.2. The van der Waals surface area contributed by atoms with E-state index in [2.05, 4.69) is 20.6 Å². The number of urea groups is 1. The summed E-state index contributed by atoms with van der Waals surface area (Å²) in [6.45, 7) is 1.90. The number of carbonyl (C=O) groups excluding carboxylic acids is 2. The Morgan fingerprint density at radius 1 is 1.11 bits per heavy atom. The van der Waals surface area contributed by atoms with E-state index in [0.717, 1.165) is 29.0 Å². The molecule has 0 atom stereocenters. The molecule has 0 spiro atoms. The molecule has 2 heterocycles. The van der Waals surface area contributed by atoms with E-state index >= 15 is 0 Å². The van der Waals surface area contributed by atoms with E-state index in [0.29, 0.717) is 16.1 Å². The molecule has 13 heteroatoms. The van der Waals surface area contributed by atoms with Gasteiger partial charge in [0.15, 0.2) is 11.4 Å². The van der Waals surface area contributed by atoms with E-state index < -0.39 is 24.1 Å².